The van der Waals surface area contributed by atoms with E-state index in [-0.39, 0.29) is 5.69 Å². The van der Waals surface area contributed by atoms with Gasteiger partial charge >= 0.3 is 0 Å². The summed E-state index contributed by atoms with van der Waals surface area (Å²) in [5.74, 6) is -0.664. The molecular weight excluding hydrogens is 123 g/mol. The van der Waals surface area contributed by atoms with Crippen molar-refractivity contribution < 1.29 is 4.39 Å². The van der Waals surface area contributed by atoms with Crippen LogP contribution in [0.5, 0.6) is 0 Å². The summed E-state index contributed by atoms with van der Waals surface area (Å²) in [5, 5.41) is 0. The van der Waals surface area contributed by atoms with Gasteiger partial charge in [-0.3, -0.25) is 14.8 Å². The number of hydrogen-bond donors (Lipinski definition) is 1. The van der Waals surface area contributed by atoms with Crippen molar-refractivity contribution >= 4 is 0 Å². The number of halogens is 1. The van der Waals surface area contributed by atoms with E-state index in [2.05, 4.69) is 4.98 Å². The van der Waals surface area contributed by atoms with Gasteiger partial charge in [0.25, 0.3) is 5.56 Å². The first kappa shape index (κ1) is 5.94. The Bertz CT molecular complexity index is 268. The number of hydrogen-bond acceptors (Lipinski definition) is 2. The lowest BCUT2D eigenvalue weighted by molar-refractivity contribution is 0.560. The molecule has 1 aromatic rings. The molecule has 0 atom stereocenters. The second kappa shape index (κ2) is 1.97. The second-order valence-corrected chi connectivity index (χ2v) is 1.65. The Hall–Kier alpha value is -1.19. The van der Waals surface area contributed by atoms with Crippen molar-refractivity contribution in [3.05, 3.63) is 28.2 Å². The minimum Gasteiger partial charge on any atom is -0.296 e. The number of H-pyrrole nitrogens is 1. The van der Waals surface area contributed by atoms with Crippen LogP contribution in [0.1, 0.15) is 5.69 Å². The van der Waals surface area contributed by atoms with E-state index in [0.717, 1.165) is 6.20 Å². The highest BCUT2D eigenvalue weighted by molar-refractivity contribution is 4.93. The van der Waals surface area contributed by atoms with Gasteiger partial charge in [0, 0.05) is 0 Å². The maximum absolute atomic E-state index is 12.3. The summed E-state index contributed by atoms with van der Waals surface area (Å²) >= 11 is 0. The van der Waals surface area contributed by atoms with Crippen LogP contribution < -0.4 is 5.56 Å². The van der Waals surface area contributed by atoms with Crippen molar-refractivity contribution in [3.8, 4) is 0 Å². The van der Waals surface area contributed by atoms with Crippen molar-refractivity contribution in [2.75, 3.05) is 0 Å². The molecule has 1 N–H and O–H groups in total. The van der Waals surface area contributed by atoms with E-state index in [9.17, 15) is 9.18 Å². The quantitative estimate of drug-likeness (QED) is 0.543. The van der Waals surface area contributed by atoms with Crippen molar-refractivity contribution in [2.24, 2.45) is 0 Å². The van der Waals surface area contributed by atoms with Crippen LogP contribution in [0.3, 0.4) is 0 Å². The maximum Gasteiger partial charge on any atom is 0.268 e. The van der Waals surface area contributed by atoms with E-state index >= 15 is 0 Å². The molecule has 0 aliphatic rings. The highest BCUT2D eigenvalue weighted by atomic mass is 19.1. The van der Waals surface area contributed by atoms with Crippen LogP contribution in [0, 0.1) is 12.9 Å². The summed E-state index contributed by atoms with van der Waals surface area (Å²) in [6.07, 6.45) is 1.04. The SMILES string of the molecule is Cc1ncc(=O)[nH]c1F. The number of nitrogens with one attached hydrogen (secondary N) is 1. The Kier molecular flexibility index (Phi) is 1.30. The van der Waals surface area contributed by atoms with Crippen LogP contribution in [0.15, 0.2) is 11.0 Å². The van der Waals surface area contributed by atoms with Crippen molar-refractivity contribution in [1.82, 2.24) is 9.97 Å². The van der Waals surface area contributed by atoms with Crippen LogP contribution in [0.2, 0.25) is 0 Å². The van der Waals surface area contributed by atoms with Gasteiger partial charge in [-0.2, -0.15) is 4.39 Å². The van der Waals surface area contributed by atoms with Gasteiger partial charge in [0.15, 0.2) is 0 Å². The predicted molar refractivity (Wildman–Crippen MR) is 29.6 cm³/mol. The van der Waals surface area contributed by atoms with Gasteiger partial charge < -0.3 is 0 Å². The lowest BCUT2D eigenvalue weighted by Crippen LogP contribution is -2.09. The first-order valence-corrected chi connectivity index (χ1v) is 2.41. The van der Waals surface area contributed by atoms with Gasteiger partial charge in [-0.05, 0) is 6.92 Å². The molecule has 0 fully saturated rings. The summed E-state index contributed by atoms with van der Waals surface area (Å²) in [6, 6.07) is 0. The third-order valence-corrected chi connectivity index (χ3v) is 0.926. The monoisotopic (exact) mass is 128 g/mol. The Balaban J connectivity index is 3.34. The first-order chi connectivity index (χ1) is 4.20. The molecule has 0 saturated heterocycles. The molecule has 0 aliphatic heterocycles. The molecule has 3 nitrogen and oxygen atoms in total. The van der Waals surface area contributed by atoms with Gasteiger partial charge in [-0.25, -0.2) is 0 Å². The Morgan fingerprint density at radius 1 is 1.78 bits per heavy atom. The van der Waals surface area contributed by atoms with E-state index in [4.69, 9.17) is 0 Å². The van der Waals surface area contributed by atoms with E-state index < -0.39 is 11.5 Å². The van der Waals surface area contributed by atoms with E-state index in [1.807, 2.05) is 4.98 Å². The van der Waals surface area contributed by atoms with Gasteiger partial charge in [-0.15, -0.1) is 0 Å². The highest BCUT2D eigenvalue weighted by Gasteiger charge is 1.94. The number of aromatic amines is 1. The number of nitrogens with zero attached hydrogens (tertiary/aromatic N) is 1. The summed E-state index contributed by atoms with van der Waals surface area (Å²) in [6.45, 7) is 1.48. The lowest BCUT2D eigenvalue weighted by Gasteiger charge is -1.89. The minimum atomic E-state index is -0.664. The molecule has 0 aromatic carbocycles. The molecule has 0 saturated carbocycles. The highest BCUT2D eigenvalue weighted by Crippen LogP contribution is 1.90. The Morgan fingerprint density at radius 3 is 2.89 bits per heavy atom. The number of aryl methyl sites for hydroxylation is 1. The van der Waals surface area contributed by atoms with Gasteiger partial charge in [0.05, 0.1) is 11.9 Å². The summed E-state index contributed by atoms with van der Waals surface area (Å²) < 4.78 is 12.3. The van der Waals surface area contributed by atoms with Crippen LogP contribution >= 0.6 is 0 Å². The third-order valence-electron chi connectivity index (χ3n) is 0.926. The molecule has 4 heteroatoms. The average molecular weight is 128 g/mol. The fraction of sp³-hybridized carbons (Fsp3) is 0.200. The maximum atomic E-state index is 12.3. The summed E-state index contributed by atoms with van der Waals surface area (Å²) in [4.78, 5) is 15.7. The van der Waals surface area contributed by atoms with Gasteiger partial charge in [0.1, 0.15) is 0 Å². The molecule has 0 radical (unpaired) electrons. The Morgan fingerprint density at radius 2 is 2.44 bits per heavy atom. The van der Waals surface area contributed by atoms with Crippen molar-refractivity contribution in [2.45, 2.75) is 6.92 Å². The van der Waals surface area contributed by atoms with E-state index in [1.165, 1.54) is 6.92 Å². The van der Waals surface area contributed by atoms with Crippen LogP contribution in [0.25, 0.3) is 0 Å². The molecule has 1 aromatic heterocycles. The molecule has 0 spiro atoms. The summed E-state index contributed by atoms with van der Waals surface area (Å²) in [7, 11) is 0. The second-order valence-electron chi connectivity index (χ2n) is 1.65. The normalized spacial score (nSPS) is 9.56. The molecule has 0 amide bonds. The van der Waals surface area contributed by atoms with Crippen LogP contribution in [-0.2, 0) is 0 Å². The first-order valence-electron chi connectivity index (χ1n) is 2.41. The fourth-order valence-electron chi connectivity index (χ4n) is 0.443. The molecule has 0 aliphatic carbocycles. The zero-order chi connectivity index (χ0) is 6.85. The molecule has 9 heavy (non-hydrogen) atoms. The standard InChI is InChI=1S/C5H5FN2O/c1-3-5(6)8-4(9)2-7-3/h2H,1H3,(H,8,9). The molecule has 0 bridgehead atoms. The van der Waals surface area contributed by atoms with E-state index in [0.29, 0.717) is 0 Å². The molecule has 0 unspecified atom stereocenters. The summed E-state index contributed by atoms with van der Waals surface area (Å²) in [5.41, 5.74) is -0.312. The van der Waals surface area contributed by atoms with Crippen molar-refractivity contribution in [1.29, 1.82) is 0 Å². The smallest absolute Gasteiger partial charge is 0.268 e. The third kappa shape index (κ3) is 1.13. The van der Waals surface area contributed by atoms with Crippen LogP contribution in [0.4, 0.5) is 4.39 Å². The largest absolute Gasteiger partial charge is 0.296 e. The fourth-order valence-corrected chi connectivity index (χ4v) is 0.443. The number of aromatic nitrogens is 2. The predicted octanol–water partition coefficient (Wildman–Crippen LogP) is 0.217. The minimum absolute atomic E-state index is 0.203. The zero-order valence-corrected chi connectivity index (χ0v) is 4.81. The molecule has 1 heterocycles. The molecular formula is C5H5FN2O. The lowest BCUT2D eigenvalue weighted by atomic mass is 10.5. The Labute approximate surface area is 50.6 Å². The number of rotatable bonds is 0. The molecule has 48 valence electrons. The topological polar surface area (TPSA) is 45.8 Å². The zero-order valence-electron chi connectivity index (χ0n) is 4.81. The molecule has 1 rings (SSSR count). The van der Waals surface area contributed by atoms with Gasteiger partial charge in [0.2, 0.25) is 5.95 Å². The average Bonchev–Trinajstić information content (AvgIpc) is 1.80. The van der Waals surface area contributed by atoms with E-state index in [1.54, 1.807) is 0 Å². The van der Waals surface area contributed by atoms with Gasteiger partial charge in [-0.1, -0.05) is 0 Å². The van der Waals surface area contributed by atoms with Crippen LogP contribution in [-0.4, -0.2) is 9.97 Å². The van der Waals surface area contributed by atoms with Crippen molar-refractivity contribution in [3.63, 3.8) is 0 Å².